The van der Waals surface area contributed by atoms with Crippen LogP contribution in [0.3, 0.4) is 0 Å². The number of fused-ring (bicyclic) bond motifs is 6. The molecule has 4 N–H and O–H groups in total. The van der Waals surface area contributed by atoms with Crippen LogP contribution < -0.4 is 11.5 Å². The molecule has 0 aliphatic rings. The minimum atomic E-state index is 0.543. The molecule has 6 rings (SSSR count). The van der Waals surface area contributed by atoms with Gasteiger partial charge in [0.25, 0.3) is 0 Å². The lowest BCUT2D eigenvalue weighted by Gasteiger charge is -2.11. The number of hydrogen-bond donors (Lipinski definition) is 2. The van der Waals surface area contributed by atoms with Crippen LogP contribution in [0.2, 0.25) is 0 Å². The molecule has 7 heteroatoms. The highest BCUT2D eigenvalue weighted by Gasteiger charge is 2.19. The lowest BCUT2D eigenvalue weighted by molar-refractivity contribution is 0.613. The fourth-order valence-corrected chi connectivity index (χ4v) is 4.89. The average molecular weight is 397 g/mol. The number of imidazole rings is 1. The van der Waals surface area contributed by atoms with Gasteiger partial charge in [0.15, 0.2) is 0 Å². The Kier molecular flexibility index (Phi) is 3.30. The van der Waals surface area contributed by atoms with E-state index in [1.807, 2.05) is 13.1 Å². The first kappa shape index (κ1) is 17.0. The van der Waals surface area contributed by atoms with Gasteiger partial charge in [0, 0.05) is 44.0 Å². The Bertz CT molecular complexity index is 1590. The fraction of sp³-hybridized carbons (Fsp3) is 0.174. The monoisotopic (exact) mass is 397 g/mol. The zero-order valence-corrected chi connectivity index (χ0v) is 17.0. The van der Waals surface area contributed by atoms with E-state index in [0.717, 1.165) is 52.0 Å². The van der Waals surface area contributed by atoms with Crippen LogP contribution in [0.4, 0.5) is 11.8 Å². The topological polar surface area (TPSA) is 84.7 Å². The molecule has 0 fully saturated rings. The molecule has 150 valence electrons. The largest absolute Gasteiger partial charge is 0.385 e. The molecule has 0 radical (unpaired) electrons. The molecule has 0 atom stereocenters. The Hall–Kier alpha value is -3.87. The molecule has 0 amide bonds. The first-order chi connectivity index (χ1) is 14.6. The summed E-state index contributed by atoms with van der Waals surface area (Å²) in [7, 11) is 4.09. The van der Waals surface area contributed by atoms with E-state index in [0.29, 0.717) is 5.95 Å². The van der Waals surface area contributed by atoms with Gasteiger partial charge >= 0.3 is 0 Å². The summed E-state index contributed by atoms with van der Waals surface area (Å²) in [4.78, 5) is 4.69. The van der Waals surface area contributed by atoms with Crippen LogP contribution in [0.25, 0.3) is 44.0 Å². The highest BCUT2D eigenvalue weighted by molar-refractivity contribution is 6.08. The Morgan fingerprint density at radius 1 is 0.767 bits per heavy atom. The molecule has 0 bridgehead atoms. The summed E-state index contributed by atoms with van der Waals surface area (Å²) in [5.41, 5.74) is 19.2. The number of anilines is 2. The van der Waals surface area contributed by atoms with Crippen LogP contribution in [-0.2, 0) is 27.2 Å². The molecule has 2 aromatic carbocycles. The molecule has 7 nitrogen and oxygen atoms in total. The van der Waals surface area contributed by atoms with Crippen LogP contribution >= 0.6 is 0 Å². The molecule has 0 saturated heterocycles. The molecule has 4 aromatic heterocycles. The van der Waals surface area contributed by atoms with Crippen LogP contribution in [0, 0.1) is 0 Å². The molecule has 0 unspecified atom stereocenters. The van der Waals surface area contributed by atoms with Gasteiger partial charge in [0.05, 0.1) is 22.1 Å². The Labute approximate surface area is 172 Å². The number of hydrogen-bond acceptors (Lipinski definition) is 3. The predicted molar refractivity (Wildman–Crippen MR) is 123 cm³/mol. The van der Waals surface area contributed by atoms with Crippen LogP contribution in [-0.4, -0.2) is 23.3 Å². The Morgan fingerprint density at radius 3 is 2.23 bits per heavy atom. The number of rotatable bonds is 3. The van der Waals surface area contributed by atoms with Gasteiger partial charge in [-0.25, -0.2) is 4.98 Å². The minimum Gasteiger partial charge on any atom is -0.385 e. The summed E-state index contributed by atoms with van der Waals surface area (Å²) in [6.45, 7) is 1.49. The molecule has 0 aliphatic carbocycles. The first-order valence-electron chi connectivity index (χ1n) is 10.1. The van der Waals surface area contributed by atoms with Crippen molar-refractivity contribution < 1.29 is 0 Å². The summed E-state index contributed by atoms with van der Waals surface area (Å²) >= 11 is 0. The van der Waals surface area contributed by atoms with Crippen molar-refractivity contribution in [2.45, 2.75) is 13.1 Å². The number of aryl methyl sites for hydroxylation is 4. The van der Waals surface area contributed by atoms with Crippen molar-refractivity contribution in [1.29, 1.82) is 0 Å². The van der Waals surface area contributed by atoms with Gasteiger partial charge in [-0.1, -0.05) is 36.4 Å². The summed E-state index contributed by atoms with van der Waals surface area (Å²) in [5, 5.41) is 2.34. The van der Waals surface area contributed by atoms with E-state index in [9.17, 15) is 0 Å². The highest BCUT2D eigenvalue weighted by atomic mass is 15.2. The maximum absolute atomic E-state index is 6.36. The molecule has 0 saturated carbocycles. The van der Waals surface area contributed by atoms with Crippen molar-refractivity contribution in [2.24, 2.45) is 14.1 Å². The van der Waals surface area contributed by atoms with Gasteiger partial charge in [-0.05, 0) is 12.1 Å². The number of para-hydroxylation sites is 2. The average Bonchev–Trinajstić information content (AvgIpc) is 3.42. The molecular weight excluding hydrogens is 374 g/mol. The third-order valence-electron chi connectivity index (χ3n) is 6.35. The van der Waals surface area contributed by atoms with E-state index >= 15 is 0 Å². The molecule has 0 spiro atoms. The SMILES string of the molecule is Cn1c(N)cc2c1c1ccccc1n2CCn1c(N)nc2c3ccccc3n(C)c21. The maximum Gasteiger partial charge on any atom is 0.202 e. The van der Waals surface area contributed by atoms with Crippen LogP contribution in [0.15, 0.2) is 54.6 Å². The smallest absolute Gasteiger partial charge is 0.202 e. The highest BCUT2D eigenvalue weighted by Crippen LogP contribution is 2.33. The number of nitrogen functional groups attached to an aromatic ring is 2. The van der Waals surface area contributed by atoms with E-state index in [1.54, 1.807) is 0 Å². The van der Waals surface area contributed by atoms with Crippen molar-refractivity contribution >= 4 is 55.8 Å². The van der Waals surface area contributed by atoms with E-state index in [-0.39, 0.29) is 0 Å². The minimum absolute atomic E-state index is 0.543. The number of nitrogens with two attached hydrogens (primary N) is 2. The van der Waals surface area contributed by atoms with Gasteiger partial charge in [-0.15, -0.1) is 0 Å². The second-order valence-corrected chi connectivity index (χ2v) is 7.90. The zero-order valence-electron chi connectivity index (χ0n) is 17.0. The second kappa shape index (κ2) is 5.82. The quantitative estimate of drug-likeness (QED) is 0.476. The Morgan fingerprint density at radius 2 is 1.43 bits per heavy atom. The van der Waals surface area contributed by atoms with Crippen molar-refractivity contribution in [2.75, 3.05) is 11.5 Å². The van der Waals surface area contributed by atoms with Gasteiger partial charge in [0.2, 0.25) is 5.95 Å². The molecule has 0 aliphatic heterocycles. The van der Waals surface area contributed by atoms with E-state index in [2.05, 4.69) is 73.8 Å². The summed E-state index contributed by atoms with van der Waals surface area (Å²) in [6, 6.07) is 18.8. The lowest BCUT2D eigenvalue weighted by Crippen LogP contribution is -2.11. The molecule has 4 heterocycles. The normalized spacial score (nSPS) is 12.2. The third kappa shape index (κ3) is 2.06. The van der Waals surface area contributed by atoms with Crippen molar-refractivity contribution in [3.05, 3.63) is 54.6 Å². The lowest BCUT2D eigenvalue weighted by atomic mass is 10.2. The predicted octanol–water partition coefficient (Wildman–Crippen LogP) is 3.84. The van der Waals surface area contributed by atoms with Crippen molar-refractivity contribution in [1.82, 2.24) is 23.3 Å². The van der Waals surface area contributed by atoms with Gasteiger partial charge in [0.1, 0.15) is 17.0 Å². The standard InChI is InChI=1S/C23H23N7/c1-27-16-9-5-3-7-14(16)20-22(27)30(23(25)26-20)12-11-29-17-10-6-4-8-15(17)21-18(29)13-19(24)28(21)2/h3-10,13H,11-12,24H2,1-2H3,(H2,25,26). The summed E-state index contributed by atoms with van der Waals surface area (Å²) in [5.74, 6) is 1.30. The molecular formula is C23H23N7. The van der Waals surface area contributed by atoms with E-state index in [4.69, 9.17) is 16.5 Å². The van der Waals surface area contributed by atoms with Gasteiger partial charge < -0.3 is 25.2 Å². The Balaban J connectivity index is 1.52. The van der Waals surface area contributed by atoms with E-state index < -0.39 is 0 Å². The number of aromatic nitrogens is 5. The van der Waals surface area contributed by atoms with Crippen molar-refractivity contribution in [3.8, 4) is 0 Å². The summed E-state index contributed by atoms with van der Waals surface area (Å²) in [6.07, 6.45) is 0. The number of benzene rings is 2. The fourth-order valence-electron chi connectivity index (χ4n) is 4.89. The summed E-state index contributed by atoms with van der Waals surface area (Å²) < 4.78 is 8.68. The van der Waals surface area contributed by atoms with Gasteiger partial charge in [-0.2, -0.15) is 0 Å². The van der Waals surface area contributed by atoms with E-state index in [1.165, 1.54) is 10.9 Å². The molecule has 6 aromatic rings. The van der Waals surface area contributed by atoms with Gasteiger partial charge in [-0.3, -0.25) is 4.57 Å². The van der Waals surface area contributed by atoms with Crippen LogP contribution in [0.5, 0.6) is 0 Å². The number of nitrogens with zero attached hydrogens (tertiary/aromatic N) is 5. The zero-order chi connectivity index (χ0) is 20.6. The molecule has 30 heavy (non-hydrogen) atoms. The third-order valence-corrected chi connectivity index (χ3v) is 6.35. The van der Waals surface area contributed by atoms with Crippen molar-refractivity contribution in [3.63, 3.8) is 0 Å². The maximum atomic E-state index is 6.36. The van der Waals surface area contributed by atoms with Crippen LogP contribution in [0.1, 0.15) is 0 Å². The second-order valence-electron chi connectivity index (χ2n) is 7.90. The first-order valence-corrected chi connectivity index (χ1v) is 10.1.